The normalized spacial score (nSPS) is 16.6. The molecule has 0 radical (unpaired) electrons. The Kier molecular flexibility index (Phi) is 3.36. The summed E-state index contributed by atoms with van der Waals surface area (Å²) in [4.78, 5) is 0. The molecule has 1 saturated carbocycles. The second-order valence-corrected chi connectivity index (χ2v) is 4.91. The molecule has 3 heteroatoms. The highest BCUT2D eigenvalue weighted by atomic mass is 35.5. The van der Waals surface area contributed by atoms with E-state index in [4.69, 9.17) is 16.9 Å². The molecule has 1 fully saturated rings. The van der Waals surface area contributed by atoms with Crippen LogP contribution in [0.2, 0.25) is 5.02 Å². The van der Waals surface area contributed by atoms with Gasteiger partial charge >= 0.3 is 0 Å². The van der Waals surface area contributed by atoms with Crippen LogP contribution in [0.25, 0.3) is 0 Å². The summed E-state index contributed by atoms with van der Waals surface area (Å²) in [7, 11) is 0. The first kappa shape index (κ1) is 11.3. The Labute approximate surface area is 101 Å². The van der Waals surface area contributed by atoms with E-state index in [-0.39, 0.29) is 0 Å². The van der Waals surface area contributed by atoms with Crippen molar-refractivity contribution < 1.29 is 0 Å². The molecule has 0 saturated heterocycles. The van der Waals surface area contributed by atoms with Crippen molar-refractivity contribution in [3.63, 3.8) is 0 Å². The number of hydrogen-bond acceptors (Lipinski definition) is 2. The van der Waals surface area contributed by atoms with E-state index >= 15 is 0 Å². The largest absolute Gasteiger partial charge is 0.381 e. The smallest absolute Gasteiger partial charge is 0.103 e. The van der Waals surface area contributed by atoms with Gasteiger partial charge in [-0.2, -0.15) is 5.26 Å². The fraction of sp³-hybridized carbons (Fsp3) is 0.462. The van der Waals surface area contributed by atoms with Gasteiger partial charge in [0.1, 0.15) is 6.07 Å². The molecule has 0 spiro atoms. The van der Waals surface area contributed by atoms with E-state index in [1.165, 1.54) is 19.3 Å². The Bertz CT molecular complexity index is 418. The minimum absolute atomic E-state index is 0.401. The van der Waals surface area contributed by atoms with Gasteiger partial charge in [0.25, 0.3) is 0 Å². The molecule has 1 aromatic carbocycles. The lowest BCUT2D eigenvalue weighted by Crippen LogP contribution is -2.16. The highest BCUT2D eigenvalue weighted by Crippen LogP contribution is 2.34. The monoisotopic (exact) mass is 234 g/mol. The Balaban J connectivity index is 2.07. The van der Waals surface area contributed by atoms with Gasteiger partial charge in [-0.25, -0.2) is 0 Å². The van der Waals surface area contributed by atoms with Gasteiger partial charge in [0.05, 0.1) is 16.3 Å². The molecular formula is C13H15ClN2. The Hall–Kier alpha value is -1.20. The average molecular weight is 235 g/mol. The van der Waals surface area contributed by atoms with E-state index in [1.807, 2.05) is 12.1 Å². The lowest BCUT2D eigenvalue weighted by Gasteiger charge is -2.16. The Morgan fingerprint density at radius 1 is 1.56 bits per heavy atom. The molecule has 2 nitrogen and oxygen atoms in total. The third-order valence-corrected chi connectivity index (χ3v) is 3.23. The molecule has 0 aliphatic heterocycles. The van der Waals surface area contributed by atoms with Gasteiger partial charge in [0, 0.05) is 6.04 Å². The van der Waals surface area contributed by atoms with Gasteiger partial charge < -0.3 is 5.32 Å². The summed E-state index contributed by atoms with van der Waals surface area (Å²) in [5.41, 5.74) is 1.40. The molecule has 16 heavy (non-hydrogen) atoms. The second kappa shape index (κ2) is 4.76. The number of nitrogens with one attached hydrogen (secondary N) is 1. The molecule has 0 aromatic heterocycles. The SMILES string of the molecule is CC(CC1CC1)Nc1cccc(Cl)c1C#N. The van der Waals surface area contributed by atoms with Crippen LogP contribution >= 0.6 is 11.6 Å². The van der Waals surface area contributed by atoms with Crippen molar-refractivity contribution in [3.8, 4) is 6.07 Å². The summed E-state index contributed by atoms with van der Waals surface area (Å²) in [6.07, 6.45) is 3.89. The molecule has 1 aromatic rings. The van der Waals surface area contributed by atoms with Crippen molar-refractivity contribution in [2.75, 3.05) is 5.32 Å². The minimum atomic E-state index is 0.401. The first-order valence-corrected chi connectivity index (χ1v) is 6.03. The summed E-state index contributed by atoms with van der Waals surface area (Å²) in [5.74, 6) is 0.882. The number of nitrogens with zero attached hydrogens (tertiary/aromatic N) is 1. The lowest BCUT2D eigenvalue weighted by atomic mass is 10.1. The molecule has 0 amide bonds. The van der Waals surface area contributed by atoms with E-state index < -0.39 is 0 Å². The standard InChI is InChI=1S/C13H15ClN2/c1-9(7-10-5-6-10)16-13-4-2-3-12(14)11(13)8-15/h2-4,9-10,16H,5-7H2,1H3. The van der Waals surface area contributed by atoms with Gasteiger partial charge in [-0.1, -0.05) is 30.5 Å². The average Bonchev–Trinajstić information content (AvgIpc) is 3.02. The van der Waals surface area contributed by atoms with Crippen molar-refractivity contribution in [1.82, 2.24) is 0 Å². The van der Waals surface area contributed by atoms with Crippen LogP contribution in [0.5, 0.6) is 0 Å². The number of benzene rings is 1. The number of hydrogen-bond donors (Lipinski definition) is 1. The first-order valence-electron chi connectivity index (χ1n) is 5.66. The van der Waals surface area contributed by atoms with Crippen molar-refractivity contribution in [2.45, 2.75) is 32.2 Å². The number of halogens is 1. The van der Waals surface area contributed by atoms with E-state index in [2.05, 4.69) is 18.3 Å². The van der Waals surface area contributed by atoms with Crippen LogP contribution in [0.3, 0.4) is 0 Å². The highest BCUT2D eigenvalue weighted by Gasteiger charge is 2.23. The summed E-state index contributed by atoms with van der Waals surface area (Å²) in [5, 5.41) is 12.9. The van der Waals surface area contributed by atoms with Crippen LogP contribution in [-0.4, -0.2) is 6.04 Å². The molecule has 0 heterocycles. The molecule has 1 aliphatic carbocycles. The Morgan fingerprint density at radius 3 is 2.94 bits per heavy atom. The lowest BCUT2D eigenvalue weighted by molar-refractivity contribution is 0.642. The zero-order valence-corrected chi connectivity index (χ0v) is 10.1. The number of anilines is 1. The van der Waals surface area contributed by atoms with Gasteiger partial charge in [0.15, 0.2) is 0 Å². The quantitative estimate of drug-likeness (QED) is 0.860. The molecule has 0 bridgehead atoms. The third-order valence-electron chi connectivity index (χ3n) is 2.91. The predicted molar refractivity (Wildman–Crippen MR) is 66.6 cm³/mol. The molecule has 1 aliphatic rings. The minimum Gasteiger partial charge on any atom is -0.381 e. The highest BCUT2D eigenvalue weighted by molar-refractivity contribution is 6.32. The zero-order valence-electron chi connectivity index (χ0n) is 9.33. The van der Waals surface area contributed by atoms with E-state index in [0.717, 1.165) is 11.6 Å². The Morgan fingerprint density at radius 2 is 2.31 bits per heavy atom. The summed E-state index contributed by atoms with van der Waals surface area (Å²) in [6, 6.07) is 8.07. The maximum Gasteiger partial charge on any atom is 0.103 e. The molecular weight excluding hydrogens is 220 g/mol. The number of rotatable bonds is 4. The molecule has 2 rings (SSSR count). The fourth-order valence-electron chi connectivity index (χ4n) is 1.94. The third kappa shape index (κ3) is 2.68. The number of nitriles is 1. The molecule has 84 valence electrons. The van der Waals surface area contributed by atoms with Gasteiger partial charge in [-0.05, 0) is 31.4 Å². The van der Waals surface area contributed by atoms with Crippen molar-refractivity contribution in [1.29, 1.82) is 5.26 Å². The summed E-state index contributed by atoms with van der Waals surface area (Å²) < 4.78 is 0. The van der Waals surface area contributed by atoms with Crippen LogP contribution < -0.4 is 5.32 Å². The van der Waals surface area contributed by atoms with Gasteiger partial charge in [-0.3, -0.25) is 0 Å². The van der Waals surface area contributed by atoms with Crippen LogP contribution in [-0.2, 0) is 0 Å². The van der Waals surface area contributed by atoms with E-state index in [1.54, 1.807) is 6.07 Å². The summed E-state index contributed by atoms with van der Waals surface area (Å²) >= 11 is 5.97. The molecule has 1 unspecified atom stereocenters. The topological polar surface area (TPSA) is 35.8 Å². The first-order chi connectivity index (χ1) is 7.70. The van der Waals surface area contributed by atoms with Gasteiger partial charge in [0.2, 0.25) is 0 Å². The van der Waals surface area contributed by atoms with Crippen LogP contribution in [0.4, 0.5) is 5.69 Å². The van der Waals surface area contributed by atoms with Crippen molar-refractivity contribution in [3.05, 3.63) is 28.8 Å². The maximum absolute atomic E-state index is 9.03. The van der Waals surface area contributed by atoms with Crippen molar-refractivity contribution >= 4 is 17.3 Å². The van der Waals surface area contributed by atoms with Crippen molar-refractivity contribution in [2.24, 2.45) is 5.92 Å². The summed E-state index contributed by atoms with van der Waals surface area (Å²) in [6.45, 7) is 2.15. The maximum atomic E-state index is 9.03. The predicted octanol–water partition coefficient (Wildman–Crippen LogP) is 3.81. The van der Waals surface area contributed by atoms with Crippen LogP contribution in [0, 0.1) is 17.2 Å². The second-order valence-electron chi connectivity index (χ2n) is 4.50. The van der Waals surface area contributed by atoms with E-state index in [9.17, 15) is 0 Å². The molecule has 1 atom stereocenters. The van der Waals surface area contributed by atoms with Crippen LogP contribution in [0.1, 0.15) is 31.7 Å². The van der Waals surface area contributed by atoms with Crippen LogP contribution in [0.15, 0.2) is 18.2 Å². The fourth-order valence-corrected chi connectivity index (χ4v) is 2.15. The zero-order chi connectivity index (χ0) is 11.5. The van der Waals surface area contributed by atoms with Gasteiger partial charge in [-0.15, -0.1) is 0 Å². The molecule has 1 N–H and O–H groups in total. The van der Waals surface area contributed by atoms with E-state index in [0.29, 0.717) is 16.6 Å².